The van der Waals surface area contributed by atoms with Gasteiger partial charge in [-0.25, -0.2) is 19.0 Å². The van der Waals surface area contributed by atoms with Gasteiger partial charge in [-0.15, -0.1) is 0 Å². The van der Waals surface area contributed by atoms with Crippen LogP contribution >= 0.6 is 0 Å². The van der Waals surface area contributed by atoms with Crippen LogP contribution in [0.15, 0.2) is 55.0 Å². The van der Waals surface area contributed by atoms with Gasteiger partial charge < -0.3 is 19.5 Å². The molecule has 2 aliphatic heterocycles. The molecule has 0 spiro atoms. The van der Waals surface area contributed by atoms with Gasteiger partial charge in [0.25, 0.3) is 0 Å². The average molecular weight is 460 g/mol. The van der Waals surface area contributed by atoms with Gasteiger partial charge in [0.15, 0.2) is 5.82 Å². The largest absolute Gasteiger partial charge is 0.391 e. The van der Waals surface area contributed by atoms with Crippen LogP contribution in [0.2, 0.25) is 0 Å². The van der Waals surface area contributed by atoms with Gasteiger partial charge in [0.05, 0.1) is 29.7 Å². The Morgan fingerprint density at radius 3 is 2.71 bits per heavy atom. The maximum absolute atomic E-state index is 13.4. The molecule has 2 aliphatic rings. The number of β-amino-alcohol motifs (C(OH)–C–C–N with tert-alkyl or cyclic N) is 1. The molecule has 8 nitrogen and oxygen atoms in total. The van der Waals surface area contributed by atoms with Gasteiger partial charge in [0.1, 0.15) is 18.0 Å². The summed E-state index contributed by atoms with van der Waals surface area (Å²) in [5.74, 6) is 1.53. The first-order chi connectivity index (χ1) is 16.5. The number of rotatable bonds is 4. The highest BCUT2D eigenvalue weighted by Gasteiger charge is 2.33. The topological polar surface area (TPSA) is 75.2 Å². The van der Waals surface area contributed by atoms with Crippen molar-refractivity contribution in [3.8, 4) is 28.3 Å². The number of benzene rings is 1. The fraction of sp³-hybridized carbons (Fsp3) is 0.320. The highest BCUT2D eigenvalue weighted by Crippen LogP contribution is 2.34. The fourth-order valence-corrected chi connectivity index (χ4v) is 5.04. The number of hydrogen-bond donors (Lipinski definition) is 1. The van der Waals surface area contributed by atoms with Gasteiger partial charge in [0, 0.05) is 37.3 Å². The number of nitrogens with zero attached hydrogens (tertiary/aromatic N) is 7. The van der Waals surface area contributed by atoms with Crippen molar-refractivity contribution in [3.05, 3.63) is 66.5 Å². The van der Waals surface area contributed by atoms with Crippen LogP contribution in [0.4, 0.5) is 10.2 Å². The van der Waals surface area contributed by atoms with Crippen molar-refractivity contribution < 1.29 is 9.50 Å². The normalized spacial score (nSPS) is 19.1. The molecule has 6 rings (SSSR count). The molecule has 174 valence electrons. The molecule has 1 aromatic carbocycles. The lowest BCUT2D eigenvalue weighted by Gasteiger charge is -2.20. The third kappa shape index (κ3) is 3.57. The molecular weight excluding hydrogens is 433 g/mol. The zero-order valence-corrected chi connectivity index (χ0v) is 19.1. The fourth-order valence-electron chi connectivity index (χ4n) is 5.04. The van der Waals surface area contributed by atoms with Crippen LogP contribution in [0, 0.1) is 11.7 Å². The van der Waals surface area contributed by atoms with Crippen LogP contribution in [0.1, 0.15) is 5.69 Å². The summed E-state index contributed by atoms with van der Waals surface area (Å²) in [5, 5.41) is 15.0. The second kappa shape index (κ2) is 8.03. The monoisotopic (exact) mass is 459 g/mol. The minimum Gasteiger partial charge on any atom is -0.391 e. The minimum atomic E-state index is -0.376. The standard InChI is InChI=1S/C25H26FN7O/c1-30(2)10-18-12-32(14-23(18)34)24-8-7-21-20(29-24)13-31-11-17(16-3-5-19(26)6-4-16)9-22(31)25-27-15-28-33(21)25/h3-9,11,15,18,23,34H,10,12-14H2,1-2H3/t18-,23+/m0/s1. The second-order valence-corrected chi connectivity index (χ2v) is 9.37. The number of hydrogen-bond acceptors (Lipinski definition) is 6. The van der Waals surface area contributed by atoms with E-state index in [0.717, 1.165) is 52.9 Å². The average Bonchev–Trinajstić information content (AvgIpc) is 3.52. The maximum atomic E-state index is 13.4. The van der Waals surface area contributed by atoms with E-state index in [1.165, 1.54) is 12.1 Å². The molecule has 5 heterocycles. The van der Waals surface area contributed by atoms with Crippen molar-refractivity contribution in [2.75, 3.05) is 38.6 Å². The molecule has 0 bridgehead atoms. The third-order valence-electron chi connectivity index (χ3n) is 6.66. The third-order valence-corrected chi connectivity index (χ3v) is 6.66. The molecule has 4 aromatic rings. The Bertz CT molecular complexity index is 1340. The SMILES string of the molecule is CN(C)C[C@H]1CN(c2ccc3c(n2)Cn2cc(-c4ccc(F)cc4)cc2-c2ncnn2-3)C[C@H]1O. The quantitative estimate of drug-likeness (QED) is 0.445. The summed E-state index contributed by atoms with van der Waals surface area (Å²) < 4.78 is 17.4. The predicted molar refractivity (Wildman–Crippen MR) is 127 cm³/mol. The Morgan fingerprint density at radius 1 is 1.09 bits per heavy atom. The van der Waals surface area contributed by atoms with Crippen molar-refractivity contribution in [2.24, 2.45) is 5.92 Å². The summed E-state index contributed by atoms with van der Waals surface area (Å²) in [6.45, 7) is 2.73. The van der Waals surface area contributed by atoms with E-state index in [2.05, 4.69) is 36.7 Å². The van der Waals surface area contributed by atoms with Crippen LogP contribution in [0.3, 0.4) is 0 Å². The molecular formula is C25H26FN7O. The Balaban J connectivity index is 1.37. The van der Waals surface area contributed by atoms with E-state index in [1.54, 1.807) is 18.5 Å². The molecule has 34 heavy (non-hydrogen) atoms. The van der Waals surface area contributed by atoms with Crippen LogP contribution in [-0.2, 0) is 6.54 Å². The molecule has 1 fully saturated rings. The number of aromatic nitrogens is 5. The molecule has 1 N–H and O–H groups in total. The Labute approximate surface area is 196 Å². The first kappa shape index (κ1) is 21.0. The van der Waals surface area contributed by atoms with Crippen molar-refractivity contribution in [1.82, 2.24) is 29.2 Å². The molecule has 0 saturated carbocycles. The van der Waals surface area contributed by atoms with E-state index < -0.39 is 0 Å². The summed E-state index contributed by atoms with van der Waals surface area (Å²) in [5.41, 5.74) is 4.63. The predicted octanol–water partition coefficient (Wildman–Crippen LogP) is 2.66. The van der Waals surface area contributed by atoms with E-state index in [0.29, 0.717) is 13.1 Å². The molecule has 0 amide bonds. The molecule has 1 saturated heterocycles. The Hall–Kier alpha value is -3.56. The number of fused-ring (bicyclic) bond motifs is 5. The van der Waals surface area contributed by atoms with Gasteiger partial charge in [-0.2, -0.15) is 5.10 Å². The zero-order chi connectivity index (χ0) is 23.4. The molecule has 0 unspecified atom stereocenters. The zero-order valence-electron chi connectivity index (χ0n) is 19.1. The van der Waals surface area contributed by atoms with Crippen LogP contribution in [-0.4, -0.2) is 74.2 Å². The first-order valence-electron chi connectivity index (χ1n) is 11.4. The van der Waals surface area contributed by atoms with E-state index in [9.17, 15) is 9.50 Å². The van der Waals surface area contributed by atoms with Gasteiger partial charge in [-0.3, -0.25) is 0 Å². The summed E-state index contributed by atoms with van der Waals surface area (Å²) in [6, 6.07) is 12.6. The highest BCUT2D eigenvalue weighted by molar-refractivity contribution is 5.71. The van der Waals surface area contributed by atoms with Gasteiger partial charge in [-0.05, 0) is 50.0 Å². The molecule has 2 atom stereocenters. The van der Waals surface area contributed by atoms with E-state index in [1.807, 2.05) is 30.9 Å². The second-order valence-electron chi connectivity index (χ2n) is 9.37. The Kier molecular flexibility index (Phi) is 4.96. The van der Waals surface area contributed by atoms with Crippen LogP contribution in [0.5, 0.6) is 0 Å². The van der Waals surface area contributed by atoms with Gasteiger partial charge >= 0.3 is 0 Å². The lowest BCUT2D eigenvalue weighted by atomic mass is 10.1. The number of anilines is 1. The summed E-state index contributed by atoms with van der Waals surface area (Å²) >= 11 is 0. The highest BCUT2D eigenvalue weighted by atomic mass is 19.1. The van der Waals surface area contributed by atoms with E-state index in [-0.39, 0.29) is 17.8 Å². The summed E-state index contributed by atoms with van der Waals surface area (Å²) in [4.78, 5) is 13.8. The van der Waals surface area contributed by atoms with E-state index in [4.69, 9.17) is 4.98 Å². The van der Waals surface area contributed by atoms with Crippen LogP contribution < -0.4 is 4.90 Å². The molecule has 3 aromatic heterocycles. The number of halogens is 1. The van der Waals surface area contributed by atoms with Crippen molar-refractivity contribution in [1.29, 1.82) is 0 Å². The molecule has 0 radical (unpaired) electrons. The molecule has 9 heteroatoms. The number of pyridine rings is 1. The lowest BCUT2D eigenvalue weighted by Crippen LogP contribution is -2.29. The first-order valence-corrected chi connectivity index (χ1v) is 11.4. The van der Waals surface area contributed by atoms with Crippen molar-refractivity contribution in [3.63, 3.8) is 0 Å². The van der Waals surface area contributed by atoms with Gasteiger partial charge in [0.2, 0.25) is 0 Å². The number of aliphatic hydroxyl groups excluding tert-OH is 1. The maximum Gasteiger partial charge on any atom is 0.179 e. The smallest absolute Gasteiger partial charge is 0.179 e. The summed E-state index contributed by atoms with van der Waals surface area (Å²) in [6.07, 6.45) is 3.23. The van der Waals surface area contributed by atoms with E-state index >= 15 is 0 Å². The van der Waals surface area contributed by atoms with Crippen LogP contribution in [0.25, 0.3) is 28.3 Å². The molecule has 0 aliphatic carbocycles. The summed E-state index contributed by atoms with van der Waals surface area (Å²) in [7, 11) is 4.06. The van der Waals surface area contributed by atoms with Gasteiger partial charge in [-0.1, -0.05) is 12.1 Å². The Morgan fingerprint density at radius 2 is 1.91 bits per heavy atom. The lowest BCUT2D eigenvalue weighted by molar-refractivity contribution is 0.130. The van der Waals surface area contributed by atoms with Crippen molar-refractivity contribution >= 4 is 5.82 Å². The number of aliphatic hydroxyl groups is 1. The van der Waals surface area contributed by atoms with Crippen molar-refractivity contribution in [2.45, 2.75) is 12.6 Å². The minimum absolute atomic E-state index is 0.187.